The zero-order chi connectivity index (χ0) is 9.97. The van der Waals surface area contributed by atoms with Crippen LogP contribution in [0.1, 0.15) is 11.9 Å². The van der Waals surface area contributed by atoms with Gasteiger partial charge in [0.25, 0.3) is 0 Å². The van der Waals surface area contributed by atoms with Crippen LogP contribution in [0, 0.1) is 0 Å². The number of rotatable bonds is 2. The molecule has 0 amide bonds. The van der Waals surface area contributed by atoms with E-state index in [1.165, 1.54) is 4.70 Å². The summed E-state index contributed by atoms with van der Waals surface area (Å²) >= 11 is 1.69. The highest BCUT2D eigenvalue weighted by molar-refractivity contribution is 7.19. The van der Waals surface area contributed by atoms with E-state index in [1.54, 1.807) is 11.3 Å². The lowest BCUT2D eigenvalue weighted by atomic mass is 10.3. The lowest BCUT2D eigenvalue weighted by Gasteiger charge is -1.90. The number of benzene rings is 1. The summed E-state index contributed by atoms with van der Waals surface area (Å²) in [5.74, 6) is 0. The molecule has 1 atom stereocenters. The fourth-order valence-electron chi connectivity index (χ4n) is 1.20. The van der Waals surface area contributed by atoms with Crippen LogP contribution in [-0.2, 0) is 0 Å². The van der Waals surface area contributed by atoms with Crippen LogP contribution in [0.15, 0.2) is 30.3 Å². The third-order valence-corrected chi connectivity index (χ3v) is 2.85. The van der Waals surface area contributed by atoms with E-state index in [1.807, 2.05) is 37.3 Å². The molecule has 0 bridgehead atoms. The van der Waals surface area contributed by atoms with E-state index in [9.17, 15) is 0 Å². The molecular weight excluding hydrogens is 192 g/mol. The maximum absolute atomic E-state index is 5.62. The number of hydrogen-bond donors (Lipinski definition) is 1. The molecule has 14 heavy (non-hydrogen) atoms. The van der Waals surface area contributed by atoms with E-state index < -0.39 is 0 Å². The molecule has 2 nitrogen and oxygen atoms in total. The Labute approximate surface area is 87.1 Å². The molecule has 0 aliphatic heterocycles. The van der Waals surface area contributed by atoms with E-state index in [0.29, 0.717) is 0 Å². The van der Waals surface area contributed by atoms with Crippen molar-refractivity contribution in [2.24, 2.45) is 5.73 Å². The maximum Gasteiger partial charge on any atom is 0.117 e. The fraction of sp³-hybridized carbons (Fsp3) is 0.182. The van der Waals surface area contributed by atoms with E-state index in [4.69, 9.17) is 5.73 Å². The van der Waals surface area contributed by atoms with Crippen LogP contribution in [-0.4, -0.2) is 11.0 Å². The Bertz CT molecular complexity index is 424. The van der Waals surface area contributed by atoms with Gasteiger partial charge in [-0.1, -0.05) is 18.2 Å². The first-order valence-corrected chi connectivity index (χ1v) is 5.37. The van der Waals surface area contributed by atoms with Crippen LogP contribution < -0.4 is 5.73 Å². The quantitative estimate of drug-likeness (QED) is 0.816. The molecule has 0 radical (unpaired) electrons. The van der Waals surface area contributed by atoms with Crippen LogP contribution in [0.25, 0.3) is 16.3 Å². The third-order valence-electron chi connectivity index (χ3n) is 1.85. The minimum absolute atomic E-state index is 0.0852. The summed E-state index contributed by atoms with van der Waals surface area (Å²) < 4.78 is 1.22. The van der Waals surface area contributed by atoms with Crippen molar-refractivity contribution in [3.8, 4) is 0 Å². The van der Waals surface area contributed by atoms with Gasteiger partial charge in [0.2, 0.25) is 0 Å². The summed E-state index contributed by atoms with van der Waals surface area (Å²) in [7, 11) is 0. The van der Waals surface area contributed by atoms with Crippen molar-refractivity contribution in [1.82, 2.24) is 4.98 Å². The van der Waals surface area contributed by atoms with E-state index in [-0.39, 0.29) is 6.04 Å². The number of fused-ring (bicyclic) bond motifs is 1. The first kappa shape index (κ1) is 9.37. The summed E-state index contributed by atoms with van der Waals surface area (Å²) in [5, 5.41) is 1.02. The van der Waals surface area contributed by atoms with Gasteiger partial charge in [-0.2, -0.15) is 0 Å². The van der Waals surface area contributed by atoms with Gasteiger partial charge in [0.05, 0.1) is 10.2 Å². The molecule has 3 heteroatoms. The van der Waals surface area contributed by atoms with Crippen LogP contribution in [0.5, 0.6) is 0 Å². The first-order valence-electron chi connectivity index (χ1n) is 4.55. The van der Waals surface area contributed by atoms with Crippen molar-refractivity contribution >= 4 is 27.6 Å². The lowest BCUT2D eigenvalue weighted by molar-refractivity contribution is 0.930. The van der Waals surface area contributed by atoms with Crippen molar-refractivity contribution in [1.29, 1.82) is 0 Å². The molecule has 0 fully saturated rings. The van der Waals surface area contributed by atoms with E-state index >= 15 is 0 Å². The Morgan fingerprint density at radius 2 is 2.21 bits per heavy atom. The number of aromatic nitrogens is 1. The highest BCUT2D eigenvalue weighted by Gasteiger charge is 1.98. The second-order valence-electron chi connectivity index (χ2n) is 3.24. The molecule has 2 rings (SSSR count). The highest BCUT2D eigenvalue weighted by Crippen LogP contribution is 2.22. The topological polar surface area (TPSA) is 38.9 Å². The van der Waals surface area contributed by atoms with E-state index in [0.717, 1.165) is 10.5 Å². The minimum atomic E-state index is 0.0852. The predicted octanol–water partition coefficient (Wildman–Crippen LogP) is 2.66. The Balaban J connectivity index is 2.36. The van der Waals surface area contributed by atoms with Gasteiger partial charge in [-0.3, -0.25) is 0 Å². The summed E-state index contributed by atoms with van der Waals surface area (Å²) in [6, 6.07) is 8.22. The monoisotopic (exact) mass is 204 g/mol. The smallest absolute Gasteiger partial charge is 0.117 e. The molecule has 0 saturated heterocycles. The zero-order valence-electron chi connectivity index (χ0n) is 7.97. The van der Waals surface area contributed by atoms with Gasteiger partial charge in [-0.25, -0.2) is 4.98 Å². The molecular formula is C11H12N2S. The molecule has 2 aromatic rings. The zero-order valence-corrected chi connectivity index (χ0v) is 8.79. The van der Waals surface area contributed by atoms with Crippen molar-refractivity contribution in [2.75, 3.05) is 0 Å². The van der Waals surface area contributed by atoms with Crippen LogP contribution in [0.3, 0.4) is 0 Å². The predicted molar refractivity (Wildman–Crippen MR) is 62.3 cm³/mol. The second-order valence-corrected chi connectivity index (χ2v) is 4.30. The average Bonchev–Trinajstić information content (AvgIpc) is 2.57. The van der Waals surface area contributed by atoms with Crippen molar-refractivity contribution in [3.63, 3.8) is 0 Å². The summed E-state index contributed by atoms with van der Waals surface area (Å²) in [5.41, 5.74) is 6.68. The van der Waals surface area contributed by atoms with E-state index in [2.05, 4.69) is 11.1 Å². The Morgan fingerprint density at radius 1 is 1.43 bits per heavy atom. The van der Waals surface area contributed by atoms with Gasteiger partial charge in [0.1, 0.15) is 5.01 Å². The van der Waals surface area contributed by atoms with Gasteiger partial charge in [-0.15, -0.1) is 11.3 Å². The lowest BCUT2D eigenvalue weighted by Crippen LogP contribution is -2.09. The first-order chi connectivity index (χ1) is 6.75. The average molecular weight is 204 g/mol. The standard InChI is InChI=1S/C11H12N2S/c1-8(12)6-7-11-13-9-4-2-3-5-10(9)14-11/h2-8H,12H2,1H3/b7-6+. The molecule has 0 aliphatic rings. The van der Waals surface area contributed by atoms with Crippen molar-refractivity contribution in [2.45, 2.75) is 13.0 Å². The number of hydrogen-bond acceptors (Lipinski definition) is 3. The molecule has 0 aliphatic carbocycles. The number of thiazole rings is 1. The van der Waals surface area contributed by atoms with Crippen molar-refractivity contribution in [3.05, 3.63) is 35.3 Å². The molecule has 1 aromatic carbocycles. The Hall–Kier alpha value is -1.19. The highest BCUT2D eigenvalue weighted by atomic mass is 32.1. The SMILES string of the molecule is CC(N)/C=C/c1nc2ccccc2s1. The van der Waals surface area contributed by atoms with Crippen molar-refractivity contribution < 1.29 is 0 Å². The van der Waals surface area contributed by atoms with Gasteiger partial charge in [-0.05, 0) is 25.1 Å². The summed E-state index contributed by atoms with van der Waals surface area (Å²) in [6.07, 6.45) is 3.94. The molecule has 1 unspecified atom stereocenters. The fourth-order valence-corrected chi connectivity index (χ4v) is 2.08. The van der Waals surface area contributed by atoms with Crippen LogP contribution >= 0.6 is 11.3 Å². The molecule has 1 aromatic heterocycles. The maximum atomic E-state index is 5.62. The van der Waals surface area contributed by atoms with Gasteiger partial charge < -0.3 is 5.73 Å². The Kier molecular flexibility index (Phi) is 2.61. The van der Waals surface area contributed by atoms with Gasteiger partial charge in [0, 0.05) is 6.04 Å². The molecule has 72 valence electrons. The van der Waals surface area contributed by atoms with Gasteiger partial charge >= 0.3 is 0 Å². The molecule has 0 spiro atoms. The largest absolute Gasteiger partial charge is 0.325 e. The normalized spacial score (nSPS) is 13.9. The Morgan fingerprint density at radius 3 is 2.93 bits per heavy atom. The summed E-state index contributed by atoms with van der Waals surface area (Å²) in [6.45, 7) is 1.95. The molecule has 0 saturated carbocycles. The van der Waals surface area contributed by atoms with Crippen LogP contribution in [0.2, 0.25) is 0 Å². The third kappa shape index (κ3) is 2.00. The second kappa shape index (κ2) is 3.90. The van der Waals surface area contributed by atoms with Gasteiger partial charge in [0.15, 0.2) is 0 Å². The molecule has 1 heterocycles. The number of para-hydroxylation sites is 1. The minimum Gasteiger partial charge on any atom is -0.325 e. The number of nitrogens with two attached hydrogens (primary N) is 1. The van der Waals surface area contributed by atoms with Crippen LogP contribution in [0.4, 0.5) is 0 Å². The summed E-state index contributed by atoms with van der Waals surface area (Å²) in [4.78, 5) is 4.46. The number of nitrogens with zero attached hydrogens (tertiary/aromatic N) is 1. The molecule has 2 N–H and O–H groups in total.